The molecule has 0 aromatic heterocycles. The second kappa shape index (κ2) is 5.35. The average molecular weight is 343 g/mol. The van der Waals surface area contributed by atoms with Crippen LogP contribution in [0.3, 0.4) is 0 Å². The van der Waals surface area contributed by atoms with Gasteiger partial charge in [-0.1, -0.05) is 36.4 Å². The van der Waals surface area contributed by atoms with Crippen LogP contribution in [0.25, 0.3) is 22.9 Å². The summed E-state index contributed by atoms with van der Waals surface area (Å²) in [5.41, 5.74) is 9.98. The van der Waals surface area contributed by atoms with E-state index < -0.39 is 0 Å². The molecule has 5 aliphatic rings. The van der Waals surface area contributed by atoms with Crippen molar-refractivity contribution in [2.24, 2.45) is 34.4 Å². The molecule has 2 aromatic rings. The molecule has 0 heterocycles. The fraction of sp³-hybridized carbons (Fsp3) is 0.435. The van der Waals surface area contributed by atoms with Crippen LogP contribution in [0, 0.1) is 23.7 Å². The molecule has 0 amide bonds. The van der Waals surface area contributed by atoms with Gasteiger partial charge in [-0.15, -0.1) is 0 Å². The number of nitrogens with one attached hydrogen (secondary N) is 1. The van der Waals surface area contributed by atoms with Crippen molar-refractivity contribution in [1.82, 2.24) is 0 Å². The Morgan fingerprint density at radius 2 is 1.69 bits per heavy atom. The fourth-order valence-electron chi connectivity index (χ4n) is 6.47. The Balaban J connectivity index is 1.30. The van der Waals surface area contributed by atoms with Crippen molar-refractivity contribution in [2.45, 2.75) is 38.1 Å². The Bertz CT molecular complexity index is 927. The van der Waals surface area contributed by atoms with Crippen LogP contribution < -0.4 is 11.1 Å². The van der Waals surface area contributed by atoms with Crippen molar-refractivity contribution >= 4 is 34.6 Å². The van der Waals surface area contributed by atoms with Crippen molar-refractivity contribution in [1.29, 1.82) is 0 Å². The van der Waals surface area contributed by atoms with E-state index in [2.05, 4.69) is 47.8 Å². The van der Waals surface area contributed by atoms with Gasteiger partial charge in [0, 0.05) is 11.3 Å². The van der Waals surface area contributed by atoms with Crippen molar-refractivity contribution in [3.05, 3.63) is 41.5 Å². The zero-order chi connectivity index (χ0) is 17.3. The summed E-state index contributed by atoms with van der Waals surface area (Å²) in [6.45, 7) is 0. The van der Waals surface area contributed by atoms with Crippen LogP contribution in [-0.2, 0) is 0 Å². The van der Waals surface area contributed by atoms with Gasteiger partial charge in [-0.3, -0.25) is 0 Å². The molecule has 0 spiro atoms. The minimum Gasteiger partial charge on any atom is -0.370 e. The van der Waals surface area contributed by atoms with E-state index >= 15 is 0 Å². The van der Waals surface area contributed by atoms with Crippen molar-refractivity contribution in [3.63, 3.8) is 0 Å². The topological polar surface area (TPSA) is 50.4 Å². The monoisotopic (exact) mass is 343 g/mol. The van der Waals surface area contributed by atoms with E-state index in [0.717, 1.165) is 29.4 Å². The fourth-order valence-corrected chi connectivity index (χ4v) is 6.47. The zero-order valence-electron chi connectivity index (χ0n) is 15.0. The lowest BCUT2D eigenvalue weighted by Crippen LogP contribution is -2.48. The molecule has 5 aliphatic carbocycles. The Morgan fingerprint density at radius 1 is 0.923 bits per heavy atom. The van der Waals surface area contributed by atoms with Gasteiger partial charge in [-0.05, 0) is 78.2 Å². The maximum absolute atomic E-state index is 6.39. The Morgan fingerprint density at radius 3 is 2.46 bits per heavy atom. The van der Waals surface area contributed by atoms with Gasteiger partial charge in [0.2, 0.25) is 0 Å². The van der Waals surface area contributed by atoms with E-state index in [9.17, 15) is 0 Å². The van der Waals surface area contributed by atoms with Gasteiger partial charge in [0.05, 0.1) is 6.04 Å². The number of rotatable bonds is 2. The molecule has 7 rings (SSSR count). The molecular weight excluding hydrogens is 318 g/mol. The molecule has 0 saturated heterocycles. The first-order valence-electron chi connectivity index (χ1n) is 10.1. The second-order valence-corrected chi connectivity index (χ2v) is 8.87. The predicted octanol–water partition coefficient (Wildman–Crippen LogP) is 4.87. The molecule has 4 saturated carbocycles. The first-order valence-corrected chi connectivity index (χ1v) is 10.1. The minimum atomic E-state index is 0.440. The Labute approximate surface area is 154 Å². The predicted molar refractivity (Wildman–Crippen MR) is 109 cm³/mol. The quantitative estimate of drug-likeness (QED) is 0.515. The number of hydrogen-bond acceptors (Lipinski definition) is 1. The highest BCUT2D eigenvalue weighted by Gasteiger charge is 2.48. The summed E-state index contributed by atoms with van der Waals surface area (Å²) in [4.78, 5) is 5.00. The van der Waals surface area contributed by atoms with E-state index in [4.69, 9.17) is 10.7 Å². The normalized spacial score (nSPS) is 34.0. The molecule has 3 nitrogen and oxygen atoms in total. The average Bonchev–Trinajstić information content (AvgIpc) is 3.06. The SMILES string of the molecule is NC(=NC1C2CC3CC(C2)CC1C3)Nc1ccc2cccc3c2c1C=C3. The Hall–Kier alpha value is -2.29. The molecule has 4 bridgehead atoms. The molecule has 26 heavy (non-hydrogen) atoms. The van der Waals surface area contributed by atoms with Crippen molar-refractivity contribution < 1.29 is 0 Å². The smallest absolute Gasteiger partial charge is 0.193 e. The maximum atomic E-state index is 6.39. The number of hydrogen-bond donors (Lipinski definition) is 2. The molecule has 4 fully saturated rings. The zero-order valence-corrected chi connectivity index (χ0v) is 15.0. The van der Waals surface area contributed by atoms with Gasteiger partial charge in [-0.25, -0.2) is 4.99 Å². The lowest BCUT2D eigenvalue weighted by atomic mass is 9.54. The molecule has 132 valence electrons. The van der Waals surface area contributed by atoms with Gasteiger partial charge in [-0.2, -0.15) is 0 Å². The lowest BCUT2D eigenvalue weighted by molar-refractivity contribution is 0.00124. The summed E-state index contributed by atoms with van der Waals surface area (Å²) < 4.78 is 0. The van der Waals surface area contributed by atoms with Crippen molar-refractivity contribution in [3.8, 4) is 0 Å². The van der Waals surface area contributed by atoms with Crippen LogP contribution in [0.5, 0.6) is 0 Å². The third-order valence-electron chi connectivity index (χ3n) is 7.28. The van der Waals surface area contributed by atoms with Crippen molar-refractivity contribution in [2.75, 3.05) is 5.32 Å². The van der Waals surface area contributed by atoms with Crippen LogP contribution in [0.4, 0.5) is 5.69 Å². The summed E-state index contributed by atoms with van der Waals surface area (Å²) in [5, 5.41) is 6.02. The number of nitrogens with two attached hydrogens (primary N) is 1. The number of anilines is 1. The van der Waals surface area contributed by atoms with Gasteiger partial charge in [0.25, 0.3) is 0 Å². The second-order valence-electron chi connectivity index (χ2n) is 8.87. The van der Waals surface area contributed by atoms with E-state index in [1.807, 2.05) is 0 Å². The first kappa shape index (κ1) is 14.8. The molecule has 3 heteroatoms. The maximum Gasteiger partial charge on any atom is 0.193 e. The summed E-state index contributed by atoms with van der Waals surface area (Å²) in [6, 6.07) is 11.2. The third-order valence-corrected chi connectivity index (χ3v) is 7.28. The van der Waals surface area contributed by atoms with E-state index in [0.29, 0.717) is 12.0 Å². The van der Waals surface area contributed by atoms with Crippen LogP contribution >= 0.6 is 0 Å². The van der Waals surface area contributed by atoms with Gasteiger partial charge >= 0.3 is 0 Å². The summed E-state index contributed by atoms with van der Waals surface area (Å²) >= 11 is 0. The van der Waals surface area contributed by atoms with E-state index in [-0.39, 0.29) is 0 Å². The van der Waals surface area contributed by atoms with Crippen LogP contribution in [-0.4, -0.2) is 12.0 Å². The molecule has 0 radical (unpaired) electrons. The number of guanidine groups is 1. The Kier molecular flexibility index (Phi) is 3.06. The lowest BCUT2D eigenvalue weighted by Gasteiger charge is -2.53. The van der Waals surface area contributed by atoms with Crippen LogP contribution in [0.1, 0.15) is 43.2 Å². The number of aliphatic imine (C=N–C) groups is 1. The third kappa shape index (κ3) is 2.16. The van der Waals surface area contributed by atoms with Gasteiger partial charge < -0.3 is 11.1 Å². The highest BCUT2D eigenvalue weighted by molar-refractivity contribution is 6.10. The summed E-state index contributed by atoms with van der Waals surface area (Å²) in [5.74, 6) is 4.08. The molecule has 3 N–H and O–H groups in total. The molecule has 2 aromatic carbocycles. The van der Waals surface area contributed by atoms with Crippen LogP contribution in [0.2, 0.25) is 0 Å². The summed E-state index contributed by atoms with van der Waals surface area (Å²) in [6.07, 6.45) is 11.4. The van der Waals surface area contributed by atoms with Gasteiger partial charge in [0.1, 0.15) is 0 Å². The molecular formula is C23H25N3. The highest BCUT2D eigenvalue weighted by atomic mass is 15.1. The van der Waals surface area contributed by atoms with E-state index in [1.54, 1.807) is 0 Å². The van der Waals surface area contributed by atoms with Gasteiger partial charge in [0.15, 0.2) is 5.96 Å². The largest absolute Gasteiger partial charge is 0.370 e. The first-order chi connectivity index (χ1) is 12.7. The highest BCUT2D eigenvalue weighted by Crippen LogP contribution is 2.54. The van der Waals surface area contributed by atoms with Crippen LogP contribution in [0.15, 0.2) is 35.3 Å². The molecule has 0 aliphatic heterocycles. The van der Waals surface area contributed by atoms with E-state index in [1.165, 1.54) is 54.0 Å². The number of benzene rings is 2. The molecule has 0 atom stereocenters. The standard InChI is InChI=1S/C23H25N3/c24-23(26-22-17-9-13-8-14(11-17)12-18(22)10-13)25-20-7-5-16-3-1-2-15-4-6-19(20)21(15)16/h1-7,13-14,17-18,22H,8-12H2,(H3,24,25,26). The minimum absolute atomic E-state index is 0.440. The molecule has 0 unspecified atom stereocenters. The summed E-state index contributed by atoms with van der Waals surface area (Å²) in [7, 11) is 0. The number of nitrogens with zero attached hydrogens (tertiary/aromatic N) is 1.